The van der Waals surface area contributed by atoms with E-state index in [0.29, 0.717) is 12.3 Å². The van der Waals surface area contributed by atoms with Crippen LogP contribution < -0.4 is 14.8 Å². The number of sulfonamides is 1. The molecule has 1 saturated heterocycles. The van der Waals surface area contributed by atoms with Gasteiger partial charge in [-0.05, 0) is 70.9 Å². The zero-order chi connectivity index (χ0) is 29.2. The second-order valence-corrected chi connectivity index (χ2v) is 12.0. The number of nitro groups is 1. The van der Waals surface area contributed by atoms with Gasteiger partial charge in [0.15, 0.2) is 5.69 Å². The van der Waals surface area contributed by atoms with Gasteiger partial charge < -0.3 is 14.8 Å². The van der Waals surface area contributed by atoms with Crippen LogP contribution in [-0.2, 0) is 14.8 Å². The highest BCUT2D eigenvalue weighted by Gasteiger charge is 2.30. The van der Waals surface area contributed by atoms with Gasteiger partial charge in [0.05, 0.1) is 16.7 Å². The molecule has 0 bridgehead atoms. The van der Waals surface area contributed by atoms with Crippen molar-refractivity contribution in [3.63, 3.8) is 0 Å². The first-order valence-electron chi connectivity index (χ1n) is 12.5. The summed E-state index contributed by atoms with van der Waals surface area (Å²) in [4.78, 5) is 23.3. The molecule has 3 aromatic rings. The quantitative estimate of drug-likeness (QED) is 0.287. The van der Waals surface area contributed by atoms with E-state index in [1.807, 2.05) is 0 Å². The van der Waals surface area contributed by atoms with Crippen LogP contribution in [0.15, 0.2) is 47.4 Å². The van der Waals surface area contributed by atoms with Gasteiger partial charge in [-0.2, -0.15) is 9.78 Å². The molecule has 1 atom stereocenters. The van der Waals surface area contributed by atoms with Crippen molar-refractivity contribution in [2.75, 3.05) is 13.2 Å². The van der Waals surface area contributed by atoms with Gasteiger partial charge in [0.1, 0.15) is 16.5 Å². The van der Waals surface area contributed by atoms with Crippen LogP contribution in [0.3, 0.4) is 0 Å². The number of aromatic nitrogens is 2. The molecule has 2 N–H and O–H groups in total. The fourth-order valence-corrected chi connectivity index (χ4v) is 5.70. The lowest BCUT2D eigenvalue weighted by atomic mass is 10.1. The second kappa shape index (κ2) is 11.3. The number of ether oxygens (including phenoxy) is 2. The van der Waals surface area contributed by atoms with E-state index in [1.165, 1.54) is 28.9 Å². The number of rotatable bonds is 9. The van der Waals surface area contributed by atoms with Crippen LogP contribution >= 0.6 is 0 Å². The van der Waals surface area contributed by atoms with E-state index in [2.05, 4.69) is 15.1 Å². The van der Waals surface area contributed by atoms with E-state index >= 15 is 0 Å². The van der Waals surface area contributed by atoms with Crippen LogP contribution in [0.2, 0.25) is 0 Å². The minimum absolute atomic E-state index is 0.00328. The Hall–Kier alpha value is -3.88. The van der Waals surface area contributed by atoms with Gasteiger partial charge in [0.2, 0.25) is 15.9 Å². The van der Waals surface area contributed by atoms with Crippen LogP contribution in [0.4, 0.5) is 10.1 Å². The maximum absolute atomic E-state index is 13.7. The number of nitrogens with one attached hydrogen (secondary N) is 2. The van der Waals surface area contributed by atoms with Crippen molar-refractivity contribution >= 4 is 21.6 Å². The molecule has 0 radical (unpaired) electrons. The zero-order valence-corrected chi connectivity index (χ0v) is 23.2. The number of amides is 1. The Bertz CT molecular complexity index is 1530. The molecule has 2 heterocycles. The number of carbonyl (C=O) groups is 1. The molecule has 0 aliphatic carbocycles. The summed E-state index contributed by atoms with van der Waals surface area (Å²) in [6, 6.07) is 8.38. The Kier molecular flexibility index (Phi) is 8.23. The van der Waals surface area contributed by atoms with Gasteiger partial charge in [-0.15, -0.1) is 0 Å². The number of hydrogen-bond acceptors (Lipinski definition) is 8. The molecule has 14 heteroatoms. The third-order valence-corrected chi connectivity index (χ3v) is 7.72. The number of nitro benzene ring substituents is 1. The highest BCUT2D eigenvalue weighted by Crippen LogP contribution is 2.36. The van der Waals surface area contributed by atoms with Gasteiger partial charge in [-0.3, -0.25) is 14.9 Å². The Labute approximate surface area is 230 Å². The van der Waals surface area contributed by atoms with Gasteiger partial charge in [0.25, 0.3) is 11.6 Å². The summed E-state index contributed by atoms with van der Waals surface area (Å²) in [6.07, 6.45) is 1.61. The molecule has 0 unspecified atom stereocenters. The van der Waals surface area contributed by atoms with E-state index in [9.17, 15) is 27.7 Å². The predicted molar refractivity (Wildman–Crippen MR) is 143 cm³/mol. The molecule has 12 nitrogen and oxygen atoms in total. The van der Waals surface area contributed by atoms with Gasteiger partial charge in [0, 0.05) is 36.4 Å². The number of benzene rings is 2. The van der Waals surface area contributed by atoms with Crippen molar-refractivity contribution in [2.24, 2.45) is 0 Å². The minimum atomic E-state index is -4.30. The average Bonchev–Trinajstić information content (AvgIpc) is 3.50. The Morgan fingerprint density at radius 2 is 1.95 bits per heavy atom. The Balaban J connectivity index is 1.79. The van der Waals surface area contributed by atoms with E-state index in [-0.39, 0.29) is 35.5 Å². The van der Waals surface area contributed by atoms with E-state index in [1.54, 1.807) is 27.7 Å². The Morgan fingerprint density at radius 3 is 2.55 bits per heavy atom. The van der Waals surface area contributed by atoms with Crippen LogP contribution in [0.25, 0.3) is 5.69 Å². The van der Waals surface area contributed by atoms with Crippen molar-refractivity contribution in [1.29, 1.82) is 0 Å². The highest BCUT2D eigenvalue weighted by atomic mass is 32.2. The molecule has 0 saturated carbocycles. The summed E-state index contributed by atoms with van der Waals surface area (Å²) in [5.41, 5.74) is -0.770. The molecule has 0 spiro atoms. The summed E-state index contributed by atoms with van der Waals surface area (Å²) in [5, 5.41) is 18.6. The van der Waals surface area contributed by atoms with Crippen LogP contribution in [0.5, 0.6) is 11.6 Å². The lowest BCUT2D eigenvalue weighted by Crippen LogP contribution is -2.40. The van der Waals surface area contributed by atoms with E-state index < -0.39 is 42.8 Å². The second-order valence-electron chi connectivity index (χ2n) is 10.4. The van der Waals surface area contributed by atoms with Crippen LogP contribution in [0, 0.1) is 22.9 Å². The summed E-state index contributed by atoms with van der Waals surface area (Å²) < 4.78 is 55.6. The topological polar surface area (TPSA) is 155 Å². The number of nitrogens with zero attached hydrogens (tertiary/aromatic N) is 3. The lowest BCUT2D eigenvalue weighted by molar-refractivity contribution is -0.385. The molecule has 1 amide bonds. The normalized spacial score (nSPS) is 15.7. The van der Waals surface area contributed by atoms with Crippen LogP contribution in [-0.4, -0.2) is 53.8 Å². The molecule has 2 aromatic carbocycles. The molecule has 4 rings (SSSR count). The van der Waals surface area contributed by atoms with Gasteiger partial charge >= 0.3 is 0 Å². The molecule has 214 valence electrons. The van der Waals surface area contributed by atoms with Crippen molar-refractivity contribution in [2.45, 2.75) is 57.1 Å². The smallest absolute Gasteiger partial charge is 0.272 e. The fourth-order valence-electron chi connectivity index (χ4n) is 4.14. The summed E-state index contributed by atoms with van der Waals surface area (Å²) >= 11 is 0. The molecular weight excluding hydrogens is 545 g/mol. The lowest BCUT2D eigenvalue weighted by Gasteiger charge is -2.21. The maximum atomic E-state index is 13.7. The van der Waals surface area contributed by atoms with Gasteiger partial charge in [-0.1, -0.05) is 0 Å². The first-order chi connectivity index (χ1) is 18.7. The maximum Gasteiger partial charge on any atom is 0.272 e. The standard InChI is InChI=1S/C26H30FN5O7S/c1-16-23(24(33)28-15-20-6-5-13-38-20)29-31(18-9-7-17(27)8-10-18)25(16)39-21-12-11-19(32(34)35)14-22(21)40(36,37)30-26(2,3)4/h7-12,14,20,30H,5-6,13,15H2,1-4H3,(H,28,33)/t20-/m0/s1. The number of halogens is 1. The van der Waals surface area contributed by atoms with Crippen molar-refractivity contribution in [3.8, 4) is 17.3 Å². The molecule has 1 fully saturated rings. The number of hydrogen-bond donors (Lipinski definition) is 2. The summed E-state index contributed by atoms with van der Waals surface area (Å²) in [6.45, 7) is 7.34. The first-order valence-corrected chi connectivity index (χ1v) is 14.0. The highest BCUT2D eigenvalue weighted by molar-refractivity contribution is 7.89. The molecule has 1 aliphatic heterocycles. The van der Waals surface area contributed by atoms with Gasteiger partial charge in [-0.25, -0.2) is 17.5 Å². The molecule has 40 heavy (non-hydrogen) atoms. The van der Waals surface area contributed by atoms with E-state index in [0.717, 1.165) is 31.0 Å². The largest absolute Gasteiger partial charge is 0.437 e. The third kappa shape index (κ3) is 6.63. The Morgan fingerprint density at radius 1 is 1.25 bits per heavy atom. The average molecular weight is 576 g/mol. The summed E-state index contributed by atoms with van der Waals surface area (Å²) in [5.74, 6) is -1.28. The SMILES string of the molecule is Cc1c(C(=O)NC[C@@H]2CCCO2)nn(-c2ccc(F)cc2)c1Oc1ccc([N+](=O)[O-])cc1S(=O)(=O)NC(C)(C)C. The zero-order valence-electron chi connectivity index (χ0n) is 22.4. The molecule has 1 aliphatic rings. The minimum Gasteiger partial charge on any atom is -0.437 e. The number of non-ortho nitro benzene ring substituents is 1. The van der Waals surface area contributed by atoms with Crippen molar-refractivity contribution in [3.05, 3.63) is 69.7 Å². The number of carbonyl (C=O) groups excluding carboxylic acids is 1. The molecule has 1 aromatic heterocycles. The van der Waals surface area contributed by atoms with Crippen LogP contribution in [0.1, 0.15) is 49.7 Å². The fraction of sp³-hybridized carbons (Fsp3) is 0.385. The molecular formula is C26H30FN5O7S. The predicted octanol–water partition coefficient (Wildman–Crippen LogP) is 4.01. The third-order valence-electron chi connectivity index (χ3n) is 5.94. The van der Waals surface area contributed by atoms with Crippen molar-refractivity contribution < 1.29 is 32.0 Å². The van der Waals surface area contributed by atoms with E-state index in [4.69, 9.17) is 9.47 Å². The monoisotopic (exact) mass is 575 g/mol. The summed E-state index contributed by atoms with van der Waals surface area (Å²) in [7, 11) is -4.30. The van der Waals surface area contributed by atoms with Crippen molar-refractivity contribution in [1.82, 2.24) is 19.8 Å². The first kappa shape index (κ1) is 29.1.